The van der Waals surface area contributed by atoms with Crippen LogP contribution in [0.15, 0.2) is 34.7 Å². The molecule has 0 saturated carbocycles. The fraction of sp³-hybridized carbons (Fsp3) is 0.643. The van der Waals surface area contributed by atoms with Crippen molar-refractivity contribution >= 4 is 5.91 Å². The zero-order valence-electron chi connectivity index (χ0n) is 20.5. The summed E-state index contributed by atoms with van der Waals surface area (Å²) in [6.07, 6.45) is 7.39. The van der Waals surface area contributed by atoms with Crippen LogP contribution in [-0.2, 0) is 16.6 Å². The van der Waals surface area contributed by atoms with Crippen molar-refractivity contribution in [2.24, 2.45) is 11.8 Å². The molecule has 3 aliphatic rings. The molecule has 5 rings (SSSR count). The van der Waals surface area contributed by atoms with Gasteiger partial charge in [0.05, 0.1) is 11.6 Å². The number of nitrogens with one attached hydrogen (secondary N) is 1. The zero-order chi connectivity index (χ0) is 23.0. The second kappa shape index (κ2) is 9.25. The van der Waals surface area contributed by atoms with Crippen molar-refractivity contribution in [1.82, 2.24) is 15.2 Å². The van der Waals surface area contributed by atoms with E-state index < -0.39 is 0 Å². The van der Waals surface area contributed by atoms with Gasteiger partial charge >= 0.3 is 0 Å². The summed E-state index contributed by atoms with van der Waals surface area (Å²) in [4.78, 5) is 21.4. The molecule has 4 atom stereocenters. The van der Waals surface area contributed by atoms with Crippen LogP contribution in [0.4, 0.5) is 0 Å². The number of carbonyl (C=O) groups is 1. The quantitative estimate of drug-likeness (QED) is 0.699. The third kappa shape index (κ3) is 3.92. The second-order valence-electron chi connectivity index (χ2n) is 10.5. The highest BCUT2D eigenvalue weighted by molar-refractivity contribution is 5.82. The number of nitrogens with zero attached hydrogens (tertiary/aromatic N) is 2. The van der Waals surface area contributed by atoms with Gasteiger partial charge in [-0.25, -0.2) is 4.98 Å². The lowest BCUT2D eigenvalue weighted by molar-refractivity contribution is -0.142. The average Bonchev–Trinajstić information content (AvgIpc) is 3.44. The monoisotopic (exact) mass is 449 g/mol. The first-order valence-corrected chi connectivity index (χ1v) is 13.1. The molecule has 3 heterocycles. The van der Waals surface area contributed by atoms with Gasteiger partial charge in [-0.2, -0.15) is 0 Å². The molecule has 1 spiro atoms. The lowest BCUT2D eigenvalue weighted by Gasteiger charge is -2.46. The normalized spacial score (nSPS) is 29.6. The highest BCUT2D eigenvalue weighted by Gasteiger charge is 2.54. The lowest BCUT2D eigenvalue weighted by Crippen LogP contribution is -2.55. The highest BCUT2D eigenvalue weighted by atomic mass is 16.4. The third-order valence-electron chi connectivity index (χ3n) is 8.85. The molecule has 1 unspecified atom stereocenters. The minimum atomic E-state index is -0.211. The molecule has 2 saturated heterocycles. The third-order valence-corrected chi connectivity index (χ3v) is 8.85. The van der Waals surface area contributed by atoms with Crippen molar-refractivity contribution in [2.45, 2.75) is 83.1 Å². The van der Waals surface area contributed by atoms with E-state index in [-0.39, 0.29) is 11.3 Å². The van der Waals surface area contributed by atoms with E-state index in [1.165, 1.54) is 5.56 Å². The Morgan fingerprint density at radius 2 is 2.06 bits per heavy atom. The smallest absolute Gasteiger partial charge is 0.228 e. The van der Waals surface area contributed by atoms with Crippen LogP contribution >= 0.6 is 0 Å². The van der Waals surface area contributed by atoms with Crippen molar-refractivity contribution < 1.29 is 9.21 Å². The summed E-state index contributed by atoms with van der Waals surface area (Å²) in [7, 11) is 0. The van der Waals surface area contributed by atoms with E-state index in [1.54, 1.807) is 0 Å². The summed E-state index contributed by atoms with van der Waals surface area (Å²) >= 11 is 0. The predicted molar refractivity (Wildman–Crippen MR) is 130 cm³/mol. The fourth-order valence-corrected chi connectivity index (χ4v) is 7.08. The molecule has 5 heteroatoms. The van der Waals surface area contributed by atoms with Crippen molar-refractivity contribution in [2.75, 3.05) is 19.6 Å². The van der Waals surface area contributed by atoms with Gasteiger partial charge in [-0.05, 0) is 43.1 Å². The van der Waals surface area contributed by atoms with Crippen LogP contribution in [0.5, 0.6) is 0 Å². The van der Waals surface area contributed by atoms with Crippen LogP contribution in [0, 0.1) is 18.8 Å². The van der Waals surface area contributed by atoms with Gasteiger partial charge in [0, 0.05) is 44.4 Å². The van der Waals surface area contributed by atoms with Crippen LogP contribution in [0.3, 0.4) is 0 Å². The minimum absolute atomic E-state index is 0.0498. The summed E-state index contributed by atoms with van der Waals surface area (Å²) in [5.41, 5.74) is 2.28. The molecule has 33 heavy (non-hydrogen) atoms. The summed E-state index contributed by atoms with van der Waals surface area (Å²) in [6.45, 7) is 8.94. The number of benzene rings is 1. The second-order valence-corrected chi connectivity index (χ2v) is 10.5. The largest absolute Gasteiger partial charge is 0.446 e. The van der Waals surface area contributed by atoms with Crippen molar-refractivity contribution in [3.8, 4) is 0 Å². The van der Waals surface area contributed by atoms with Crippen LogP contribution in [0.2, 0.25) is 0 Å². The number of amides is 1. The van der Waals surface area contributed by atoms with Crippen LogP contribution < -0.4 is 5.32 Å². The Kier molecular flexibility index (Phi) is 6.34. The van der Waals surface area contributed by atoms with Gasteiger partial charge in [-0.15, -0.1) is 0 Å². The molecule has 1 aromatic heterocycles. The molecule has 178 valence electrons. The number of likely N-dealkylation sites (tertiary alicyclic amines) is 1. The Hall–Kier alpha value is -2.14. The Morgan fingerprint density at radius 1 is 1.27 bits per heavy atom. The van der Waals surface area contributed by atoms with E-state index in [4.69, 9.17) is 9.40 Å². The van der Waals surface area contributed by atoms with E-state index >= 15 is 0 Å². The molecular formula is C28H39N3O2. The average molecular weight is 450 g/mol. The summed E-state index contributed by atoms with van der Waals surface area (Å²) < 4.78 is 5.96. The number of fused-ring (bicyclic) bond motifs is 2. The molecule has 2 aliphatic heterocycles. The number of hydrogen-bond donors (Lipinski definition) is 1. The summed E-state index contributed by atoms with van der Waals surface area (Å²) in [5.74, 6) is 3.12. The van der Waals surface area contributed by atoms with E-state index in [2.05, 4.69) is 54.4 Å². The molecule has 2 fully saturated rings. The zero-order valence-corrected chi connectivity index (χ0v) is 20.5. The van der Waals surface area contributed by atoms with Crippen molar-refractivity contribution in [1.29, 1.82) is 0 Å². The molecule has 2 aromatic rings. The topological polar surface area (TPSA) is 58.4 Å². The number of piperidine rings is 1. The Bertz CT molecular complexity index is 967. The van der Waals surface area contributed by atoms with Crippen molar-refractivity contribution in [3.63, 3.8) is 0 Å². The number of rotatable bonds is 5. The lowest BCUT2D eigenvalue weighted by atomic mass is 9.67. The van der Waals surface area contributed by atoms with Gasteiger partial charge in [-0.3, -0.25) is 4.79 Å². The van der Waals surface area contributed by atoms with Gasteiger partial charge in [0.2, 0.25) is 5.91 Å². The Labute approximate surface area is 198 Å². The maximum atomic E-state index is 14.3. The predicted octanol–water partition coefficient (Wildman–Crippen LogP) is 4.99. The Morgan fingerprint density at radius 3 is 2.82 bits per heavy atom. The number of oxazole rings is 1. The van der Waals surface area contributed by atoms with Gasteiger partial charge < -0.3 is 14.6 Å². The maximum absolute atomic E-state index is 14.3. The van der Waals surface area contributed by atoms with Gasteiger partial charge in [-0.1, -0.05) is 57.0 Å². The summed E-state index contributed by atoms with van der Waals surface area (Å²) in [6, 6.07) is 11.2. The minimum Gasteiger partial charge on any atom is -0.446 e. The van der Waals surface area contributed by atoms with Crippen LogP contribution in [0.1, 0.15) is 81.2 Å². The summed E-state index contributed by atoms with van der Waals surface area (Å²) in [5, 5.41) is 3.58. The maximum Gasteiger partial charge on any atom is 0.228 e. The molecule has 1 N–H and O–H groups in total. The number of carbonyl (C=O) groups excluding carboxylic acids is 1. The first-order chi connectivity index (χ1) is 16.1. The molecule has 5 nitrogen and oxygen atoms in total. The van der Waals surface area contributed by atoms with Crippen LogP contribution in [-0.4, -0.2) is 41.5 Å². The number of aromatic nitrogens is 1. The molecule has 1 aromatic carbocycles. The van der Waals surface area contributed by atoms with Crippen molar-refractivity contribution in [3.05, 3.63) is 53.2 Å². The first kappa shape index (κ1) is 22.6. The molecule has 1 amide bonds. The fourth-order valence-electron chi connectivity index (χ4n) is 7.08. The molecule has 0 radical (unpaired) electrons. The highest BCUT2D eigenvalue weighted by Crippen LogP contribution is 2.47. The standard InChI is InChI=1S/C28H39N3O2/c1-4-20(5-2)24-16-22(21-10-7-6-8-11-21)13-15-31(24)27(32)23-17-29-18-28(23)14-9-12-25-26(28)30-19(3)33-25/h6-8,10-11,20,22-24,29H,4-5,9,12-18H2,1-3H3/t22-,23+,24?,28-/m1/s1. The van der Waals surface area contributed by atoms with E-state index in [1.807, 2.05) is 6.92 Å². The Balaban J connectivity index is 1.44. The van der Waals surface area contributed by atoms with Crippen LogP contribution in [0.25, 0.3) is 0 Å². The number of aryl methyl sites for hydroxylation is 2. The van der Waals surface area contributed by atoms with E-state index in [9.17, 15) is 4.79 Å². The molecular weight excluding hydrogens is 410 g/mol. The van der Waals surface area contributed by atoms with E-state index in [0.29, 0.717) is 23.8 Å². The molecule has 0 bridgehead atoms. The van der Waals surface area contributed by atoms with Gasteiger partial charge in [0.1, 0.15) is 5.76 Å². The van der Waals surface area contributed by atoms with Gasteiger partial charge in [0.25, 0.3) is 0 Å². The van der Waals surface area contributed by atoms with Gasteiger partial charge in [0.15, 0.2) is 5.89 Å². The SMILES string of the molecule is CCC(CC)C1C[C@H](c2ccccc2)CCN1C(=O)[C@@H]1CNC[C@]12CCCc1oc(C)nc12. The molecule has 1 aliphatic carbocycles. The first-order valence-electron chi connectivity index (χ1n) is 13.1. The number of hydrogen-bond acceptors (Lipinski definition) is 4. The van der Waals surface area contributed by atoms with E-state index in [0.717, 1.165) is 81.9 Å².